The number of allylic oxidation sites excluding steroid dienone is 1. The number of aryl methyl sites for hydroxylation is 3. The second kappa shape index (κ2) is 11.9. The number of nitrogens with one attached hydrogen (secondary N) is 2. The van der Waals surface area contributed by atoms with Gasteiger partial charge in [-0.25, -0.2) is 4.79 Å². The molecule has 2 N–H and O–H groups in total. The summed E-state index contributed by atoms with van der Waals surface area (Å²) < 4.78 is 10.7. The quantitative estimate of drug-likeness (QED) is 0.261. The number of hydrogen-bond donors (Lipinski definition) is 2. The summed E-state index contributed by atoms with van der Waals surface area (Å²) in [5, 5.41) is 5.09. The molecule has 1 aromatic heterocycles. The lowest BCUT2D eigenvalue weighted by molar-refractivity contribution is -0.136. The first-order valence-corrected chi connectivity index (χ1v) is 12.7. The van der Waals surface area contributed by atoms with Crippen LogP contribution in [0.15, 0.2) is 75.9 Å². The Labute approximate surface area is 232 Å². The lowest BCUT2D eigenvalue weighted by Gasteiger charge is -2.18. The van der Waals surface area contributed by atoms with Crippen LogP contribution in [0.3, 0.4) is 0 Å². The summed E-state index contributed by atoms with van der Waals surface area (Å²) in [6, 6.07) is 16.4. The molecule has 1 aliphatic rings. The molecule has 0 fully saturated rings. The minimum atomic E-state index is -0.821. The van der Waals surface area contributed by atoms with E-state index in [0.717, 1.165) is 22.3 Å². The molecule has 0 atom stereocenters. The SMILES string of the molecule is COC(=O)C1=C(C)N(Cc2ccc(C)cc2)C(=O)/C1=C/c1ccc(CNC(=O)C(=O)Nc2ccc(C)c(C)c2)o1. The average molecular weight is 542 g/mol. The van der Waals surface area contributed by atoms with E-state index < -0.39 is 17.8 Å². The van der Waals surface area contributed by atoms with E-state index >= 15 is 0 Å². The van der Waals surface area contributed by atoms with Crippen molar-refractivity contribution in [2.24, 2.45) is 0 Å². The van der Waals surface area contributed by atoms with Crippen molar-refractivity contribution >= 4 is 35.5 Å². The van der Waals surface area contributed by atoms with Gasteiger partial charge in [0.25, 0.3) is 5.91 Å². The molecule has 9 nitrogen and oxygen atoms in total. The Hall–Kier alpha value is -4.92. The fourth-order valence-corrected chi connectivity index (χ4v) is 4.26. The van der Waals surface area contributed by atoms with Gasteiger partial charge in [0.2, 0.25) is 0 Å². The molecule has 40 heavy (non-hydrogen) atoms. The monoisotopic (exact) mass is 541 g/mol. The Morgan fingerprint density at radius 1 is 0.925 bits per heavy atom. The molecule has 2 heterocycles. The van der Waals surface area contributed by atoms with Gasteiger partial charge in [-0.15, -0.1) is 0 Å². The van der Waals surface area contributed by atoms with Gasteiger partial charge < -0.3 is 24.7 Å². The van der Waals surface area contributed by atoms with Crippen LogP contribution >= 0.6 is 0 Å². The molecule has 206 valence electrons. The molecule has 9 heteroatoms. The first kappa shape index (κ1) is 28.1. The number of carbonyl (C=O) groups excluding carboxylic acids is 4. The Morgan fingerprint density at radius 3 is 2.33 bits per heavy atom. The summed E-state index contributed by atoms with van der Waals surface area (Å²) in [5.41, 5.74) is 5.41. The third kappa shape index (κ3) is 6.20. The van der Waals surface area contributed by atoms with Gasteiger partial charge in [0.05, 0.1) is 31.3 Å². The number of hydrogen-bond acceptors (Lipinski definition) is 6. The van der Waals surface area contributed by atoms with E-state index in [4.69, 9.17) is 9.15 Å². The fraction of sp³-hybridized carbons (Fsp3) is 0.226. The van der Waals surface area contributed by atoms with Crippen LogP contribution in [0, 0.1) is 20.8 Å². The molecule has 2 aromatic carbocycles. The van der Waals surface area contributed by atoms with Crippen molar-refractivity contribution in [2.75, 3.05) is 12.4 Å². The van der Waals surface area contributed by atoms with Crippen LogP contribution in [0.4, 0.5) is 5.69 Å². The molecule has 0 spiro atoms. The molecular formula is C31H31N3O6. The van der Waals surface area contributed by atoms with E-state index in [1.54, 1.807) is 31.2 Å². The lowest BCUT2D eigenvalue weighted by atomic mass is 10.1. The number of carbonyl (C=O) groups is 4. The van der Waals surface area contributed by atoms with Crippen LogP contribution in [0.25, 0.3) is 6.08 Å². The minimum absolute atomic E-state index is 0.0471. The predicted octanol–water partition coefficient (Wildman–Crippen LogP) is 4.33. The van der Waals surface area contributed by atoms with Crippen LogP contribution in [0.5, 0.6) is 0 Å². The molecule has 0 bridgehead atoms. The third-order valence-corrected chi connectivity index (χ3v) is 6.73. The number of furan rings is 1. The molecule has 1 aliphatic heterocycles. The van der Waals surface area contributed by atoms with Gasteiger partial charge in [0.1, 0.15) is 11.5 Å². The molecule has 3 amide bonds. The van der Waals surface area contributed by atoms with E-state index in [2.05, 4.69) is 10.6 Å². The van der Waals surface area contributed by atoms with Crippen molar-refractivity contribution in [1.82, 2.24) is 10.2 Å². The first-order chi connectivity index (χ1) is 19.1. The van der Waals surface area contributed by atoms with E-state index in [-0.39, 0.29) is 23.6 Å². The van der Waals surface area contributed by atoms with Crippen molar-refractivity contribution in [2.45, 2.75) is 40.8 Å². The number of methoxy groups -OCH3 is 1. The molecule has 3 aromatic rings. The zero-order valence-electron chi connectivity index (χ0n) is 23.1. The van der Waals surface area contributed by atoms with Gasteiger partial charge in [0.15, 0.2) is 0 Å². The maximum atomic E-state index is 13.4. The second-order valence-electron chi connectivity index (χ2n) is 9.63. The van der Waals surface area contributed by atoms with Crippen molar-refractivity contribution in [3.8, 4) is 0 Å². The predicted molar refractivity (Wildman–Crippen MR) is 150 cm³/mol. The number of nitrogens with zero attached hydrogens (tertiary/aromatic N) is 1. The molecule has 0 radical (unpaired) electrons. The van der Waals surface area contributed by atoms with E-state index in [0.29, 0.717) is 29.4 Å². The second-order valence-corrected chi connectivity index (χ2v) is 9.63. The van der Waals surface area contributed by atoms with Gasteiger partial charge in [-0.05, 0) is 74.7 Å². The first-order valence-electron chi connectivity index (χ1n) is 12.7. The average Bonchev–Trinajstić information content (AvgIpc) is 3.48. The fourth-order valence-electron chi connectivity index (χ4n) is 4.26. The van der Waals surface area contributed by atoms with Crippen molar-refractivity contribution in [3.05, 3.63) is 105 Å². The van der Waals surface area contributed by atoms with Gasteiger partial charge in [-0.1, -0.05) is 35.9 Å². The van der Waals surface area contributed by atoms with Crippen LogP contribution in [-0.2, 0) is 37.0 Å². The van der Waals surface area contributed by atoms with Crippen molar-refractivity contribution in [3.63, 3.8) is 0 Å². The van der Waals surface area contributed by atoms with Gasteiger partial charge in [-0.2, -0.15) is 0 Å². The highest BCUT2D eigenvalue weighted by Crippen LogP contribution is 2.33. The highest BCUT2D eigenvalue weighted by atomic mass is 16.5. The Bertz CT molecular complexity index is 1550. The summed E-state index contributed by atoms with van der Waals surface area (Å²) in [6.45, 7) is 7.80. The minimum Gasteiger partial charge on any atom is -0.465 e. The third-order valence-electron chi connectivity index (χ3n) is 6.73. The summed E-state index contributed by atoms with van der Waals surface area (Å²) in [6.07, 6.45) is 1.48. The molecule has 0 saturated carbocycles. The Balaban J connectivity index is 1.45. The molecular weight excluding hydrogens is 510 g/mol. The smallest absolute Gasteiger partial charge is 0.340 e. The van der Waals surface area contributed by atoms with Crippen LogP contribution in [0.2, 0.25) is 0 Å². The summed E-state index contributed by atoms with van der Waals surface area (Å²) in [4.78, 5) is 52.1. The van der Waals surface area contributed by atoms with Gasteiger partial charge in [0, 0.05) is 11.4 Å². The molecule has 0 unspecified atom stereocenters. The largest absolute Gasteiger partial charge is 0.465 e. The zero-order chi connectivity index (χ0) is 29.0. The number of anilines is 1. The maximum absolute atomic E-state index is 13.4. The molecule has 0 saturated heterocycles. The van der Waals surface area contributed by atoms with Crippen LogP contribution in [-0.4, -0.2) is 35.7 Å². The number of rotatable bonds is 7. The van der Waals surface area contributed by atoms with Gasteiger partial charge in [-0.3, -0.25) is 14.4 Å². The van der Waals surface area contributed by atoms with Crippen molar-refractivity contribution < 1.29 is 28.3 Å². The number of ether oxygens (including phenoxy) is 1. The van der Waals surface area contributed by atoms with Gasteiger partial charge >= 0.3 is 17.8 Å². The normalized spacial score (nSPS) is 14.1. The number of benzene rings is 2. The van der Waals surface area contributed by atoms with Crippen LogP contribution < -0.4 is 10.6 Å². The number of esters is 1. The van der Waals surface area contributed by atoms with E-state index in [1.165, 1.54) is 18.1 Å². The highest BCUT2D eigenvalue weighted by Gasteiger charge is 2.37. The Kier molecular flexibility index (Phi) is 8.33. The molecule has 0 aliphatic carbocycles. The maximum Gasteiger partial charge on any atom is 0.340 e. The topological polar surface area (TPSA) is 118 Å². The Morgan fingerprint density at radius 2 is 1.65 bits per heavy atom. The molecule has 4 rings (SSSR count). The highest BCUT2D eigenvalue weighted by molar-refractivity contribution is 6.39. The zero-order valence-corrected chi connectivity index (χ0v) is 23.1. The summed E-state index contributed by atoms with van der Waals surface area (Å²) in [5.74, 6) is -1.94. The standard InChI is InChI=1S/C31H31N3O6/c1-18-6-9-22(10-7-18)17-34-21(4)27(31(38)39-5)26(30(34)37)15-24-12-13-25(40-24)16-32-28(35)29(36)33-23-11-8-19(2)20(3)14-23/h6-15H,16-17H2,1-5H3,(H,32,35)(H,33,36)/b26-15+. The van der Waals surface area contributed by atoms with E-state index in [1.807, 2.05) is 51.1 Å². The number of amides is 3. The van der Waals surface area contributed by atoms with Crippen LogP contribution in [0.1, 0.15) is 40.7 Å². The summed E-state index contributed by atoms with van der Waals surface area (Å²) in [7, 11) is 1.26. The van der Waals surface area contributed by atoms with E-state index in [9.17, 15) is 19.2 Å². The lowest BCUT2D eigenvalue weighted by Crippen LogP contribution is -2.34. The summed E-state index contributed by atoms with van der Waals surface area (Å²) >= 11 is 0. The van der Waals surface area contributed by atoms with Crippen molar-refractivity contribution in [1.29, 1.82) is 0 Å².